The molecule has 0 N–H and O–H groups in total. The third-order valence-corrected chi connectivity index (χ3v) is 0.612. The molecular weight excluding hydrogens is 68.1 g/mol. The predicted octanol–water partition coefficient (Wildman–Crippen LogP) is -0.429. The van der Waals surface area contributed by atoms with E-state index >= 15 is 0 Å². The molecule has 0 saturated heterocycles. The SMILES string of the molecule is CCO[SiH2]. The Morgan fingerprint density at radius 2 is 2.25 bits per heavy atom. The number of rotatable bonds is 1. The van der Waals surface area contributed by atoms with E-state index in [2.05, 4.69) is 4.43 Å². The maximum absolute atomic E-state index is 4.57. The maximum Gasteiger partial charge on any atom is 0.174 e. The summed E-state index contributed by atoms with van der Waals surface area (Å²) < 4.78 is 4.57. The Hall–Kier alpha value is 0.177. The van der Waals surface area contributed by atoms with Crippen LogP contribution in [0.5, 0.6) is 0 Å². The molecule has 0 aromatic carbocycles. The van der Waals surface area contributed by atoms with Gasteiger partial charge < -0.3 is 4.43 Å². The molecule has 0 unspecified atom stereocenters. The van der Waals surface area contributed by atoms with Crippen LogP contribution in [0.25, 0.3) is 0 Å². The van der Waals surface area contributed by atoms with Crippen molar-refractivity contribution in [1.82, 2.24) is 0 Å². The van der Waals surface area contributed by atoms with Crippen LogP contribution in [0, 0.1) is 0 Å². The van der Waals surface area contributed by atoms with E-state index in [1.165, 1.54) is 10.5 Å². The number of hydrogen-bond acceptors (Lipinski definition) is 1. The smallest absolute Gasteiger partial charge is 0.174 e. The molecule has 0 saturated carbocycles. The molecule has 0 amide bonds. The monoisotopic (exact) mass is 75.0 g/mol. The van der Waals surface area contributed by atoms with Gasteiger partial charge in [-0.25, -0.2) is 0 Å². The zero-order valence-electron chi connectivity index (χ0n) is 2.82. The molecule has 0 aromatic rings. The number of hydrogen-bond donors (Lipinski definition) is 0. The molecule has 0 heterocycles. The van der Waals surface area contributed by atoms with E-state index in [-0.39, 0.29) is 0 Å². The average molecular weight is 75.2 g/mol. The lowest BCUT2D eigenvalue weighted by Gasteiger charge is -1.76. The van der Waals surface area contributed by atoms with Gasteiger partial charge in [0.1, 0.15) is 0 Å². The fourth-order valence-electron chi connectivity index (χ4n) is 0. The first kappa shape index (κ1) is 4.18. The van der Waals surface area contributed by atoms with Crippen molar-refractivity contribution >= 4 is 10.5 Å². The van der Waals surface area contributed by atoms with E-state index in [0.717, 1.165) is 6.61 Å². The van der Waals surface area contributed by atoms with Crippen LogP contribution in [0.4, 0.5) is 0 Å². The molecule has 4 heavy (non-hydrogen) atoms. The van der Waals surface area contributed by atoms with Gasteiger partial charge in [0.2, 0.25) is 0 Å². The molecule has 0 bridgehead atoms. The lowest BCUT2D eigenvalue weighted by molar-refractivity contribution is 0.375. The lowest BCUT2D eigenvalue weighted by atomic mass is 10.9. The maximum atomic E-state index is 4.57. The highest BCUT2D eigenvalue weighted by Crippen LogP contribution is 1.50. The Kier molecular flexibility index (Phi) is 3.32. The fourth-order valence-corrected chi connectivity index (χ4v) is 0. The Morgan fingerprint density at radius 3 is 2.25 bits per heavy atom. The second-order valence-corrected chi connectivity index (χ2v) is 0.901. The molecule has 0 aliphatic rings. The summed E-state index contributed by atoms with van der Waals surface area (Å²) in [5.41, 5.74) is 0. The molecule has 0 aromatic heterocycles. The van der Waals surface area contributed by atoms with Crippen molar-refractivity contribution in [1.29, 1.82) is 0 Å². The van der Waals surface area contributed by atoms with Gasteiger partial charge in [0.15, 0.2) is 10.5 Å². The van der Waals surface area contributed by atoms with Gasteiger partial charge in [-0.15, -0.1) is 0 Å². The summed E-state index contributed by atoms with van der Waals surface area (Å²) >= 11 is 0. The summed E-state index contributed by atoms with van der Waals surface area (Å²) in [5.74, 6) is 0. The topological polar surface area (TPSA) is 9.23 Å². The summed E-state index contributed by atoms with van der Waals surface area (Å²) in [6.45, 7) is 2.80. The standard InChI is InChI=1S/C2H7OSi/c1-2-3-4/h2,4H2,1H3. The summed E-state index contributed by atoms with van der Waals surface area (Å²) in [4.78, 5) is 0. The fraction of sp³-hybridized carbons (Fsp3) is 1.00. The van der Waals surface area contributed by atoms with Crippen molar-refractivity contribution in [3.8, 4) is 0 Å². The van der Waals surface area contributed by atoms with Crippen molar-refractivity contribution in [3.63, 3.8) is 0 Å². The third-order valence-electron chi connectivity index (χ3n) is 0.204. The molecule has 0 atom stereocenters. The van der Waals surface area contributed by atoms with E-state index in [1.54, 1.807) is 0 Å². The van der Waals surface area contributed by atoms with Gasteiger partial charge in [-0.1, -0.05) is 0 Å². The normalized spacial score (nSPS) is 7.50. The van der Waals surface area contributed by atoms with Crippen LogP contribution in [-0.2, 0) is 4.43 Å². The van der Waals surface area contributed by atoms with Gasteiger partial charge in [0.05, 0.1) is 0 Å². The van der Waals surface area contributed by atoms with Crippen molar-refractivity contribution in [2.45, 2.75) is 6.92 Å². The summed E-state index contributed by atoms with van der Waals surface area (Å²) in [6, 6.07) is 0. The van der Waals surface area contributed by atoms with E-state index in [0.29, 0.717) is 0 Å². The van der Waals surface area contributed by atoms with Gasteiger partial charge in [-0.3, -0.25) is 0 Å². The first-order valence-corrected chi connectivity index (χ1v) is 1.86. The summed E-state index contributed by atoms with van der Waals surface area (Å²) in [5, 5.41) is 0. The van der Waals surface area contributed by atoms with Crippen LogP contribution < -0.4 is 0 Å². The van der Waals surface area contributed by atoms with Gasteiger partial charge in [-0.2, -0.15) is 0 Å². The molecule has 0 rings (SSSR count). The van der Waals surface area contributed by atoms with Crippen molar-refractivity contribution in [3.05, 3.63) is 0 Å². The molecule has 1 radical (unpaired) electrons. The first-order chi connectivity index (χ1) is 1.91. The third kappa shape index (κ3) is 2.18. The first-order valence-electron chi connectivity index (χ1n) is 1.28. The Morgan fingerprint density at radius 1 is 2.00 bits per heavy atom. The molecule has 0 aliphatic carbocycles. The zero-order valence-corrected chi connectivity index (χ0v) is 4.24. The molecule has 25 valence electrons. The highest BCUT2D eigenvalue weighted by molar-refractivity contribution is 5.97. The average Bonchev–Trinajstić information content (AvgIpc) is 1.37. The molecular formula is C2H7OSi. The minimum absolute atomic E-state index is 0.832. The molecule has 0 aliphatic heterocycles. The van der Waals surface area contributed by atoms with E-state index < -0.39 is 0 Å². The Labute approximate surface area is 29.5 Å². The van der Waals surface area contributed by atoms with E-state index in [4.69, 9.17) is 0 Å². The van der Waals surface area contributed by atoms with Crippen molar-refractivity contribution in [2.24, 2.45) is 0 Å². The van der Waals surface area contributed by atoms with Gasteiger partial charge >= 0.3 is 0 Å². The van der Waals surface area contributed by atoms with Crippen LogP contribution >= 0.6 is 0 Å². The quantitative estimate of drug-likeness (QED) is 0.384. The molecule has 1 nitrogen and oxygen atoms in total. The van der Waals surface area contributed by atoms with Crippen molar-refractivity contribution in [2.75, 3.05) is 6.61 Å². The minimum atomic E-state index is 0.832. The zero-order chi connectivity index (χ0) is 3.41. The van der Waals surface area contributed by atoms with Gasteiger partial charge in [0.25, 0.3) is 0 Å². The van der Waals surface area contributed by atoms with Gasteiger partial charge in [-0.05, 0) is 6.92 Å². The highest BCUT2D eigenvalue weighted by Gasteiger charge is 1.51. The van der Waals surface area contributed by atoms with Crippen LogP contribution in [-0.4, -0.2) is 17.1 Å². The van der Waals surface area contributed by atoms with Crippen LogP contribution in [0.1, 0.15) is 6.92 Å². The van der Waals surface area contributed by atoms with Crippen LogP contribution in [0.15, 0.2) is 0 Å². The second kappa shape index (κ2) is 3.18. The van der Waals surface area contributed by atoms with E-state index in [1.807, 2.05) is 6.92 Å². The predicted molar refractivity (Wildman–Crippen MR) is 20.2 cm³/mol. The molecule has 0 spiro atoms. The summed E-state index contributed by atoms with van der Waals surface area (Å²) in [7, 11) is 1.52. The second-order valence-electron chi connectivity index (χ2n) is 0.493. The van der Waals surface area contributed by atoms with Crippen molar-refractivity contribution < 1.29 is 4.43 Å². The Balaban J connectivity index is 1.97. The summed E-state index contributed by atoms with van der Waals surface area (Å²) in [6.07, 6.45) is 0. The molecule has 2 heteroatoms. The van der Waals surface area contributed by atoms with Crippen LogP contribution in [0.2, 0.25) is 0 Å². The largest absolute Gasteiger partial charge is 0.425 e. The Bertz CT molecular complexity index is 8.00. The highest BCUT2D eigenvalue weighted by atomic mass is 28.2. The minimum Gasteiger partial charge on any atom is -0.425 e. The van der Waals surface area contributed by atoms with Gasteiger partial charge in [0, 0.05) is 6.61 Å². The van der Waals surface area contributed by atoms with E-state index in [9.17, 15) is 0 Å². The lowest BCUT2D eigenvalue weighted by Crippen LogP contribution is -1.76. The molecule has 0 fully saturated rings. The van der Waals surface area contributed by atoms with Crippen LogP contribution in [0.3, 0.4) is 0 Å².